The number of thiocarbonyl (C=S) groups is 1. The lowest BCUT2D eigenvalue weighted by Gasteiger charge is -2.00. The van der Waals surface area contributed by atoms with Gasteiger partial charge in [-0.3, -0.25) is 10.7 Å². The van der Waals surface area contributed by atoms with Crippen molar-refractivity contribution in [2.45, 2.75) is 0 Å². The molecule has 0 aliphatic heterocycles. The molecule has 2 N–H and O–H groups in total. The second-order valence-corrected chi connectivity index (χ2v) is 3.27. The standard InChI is InChI=1S/C7H6BrNOS/c8-6-3-1-5(2-4-6)7(11)9-10/h1-4,10H,(H,9,11). The lowest BCUT2D eigenvalue weighted by molar-refractivity contribution is 0.238. The number of benzene rings is 1. The number of hydrogen-bond acceptors (Lipinski definition) is 2. The highest BCUT2D eigenvalue weighted by Gasteiger charge is 1.96. The molecular weight excluding hydrogens is 226 g/mol. The molecule has 0 atom stereocenters. The Morgan fingerprint density at radius 1 is 1.36 bits per heavy atom. The molecule has 58 valence electrons. The third kappa shape index (κ3) is 2.25. The van der Waals surface area contributed by atoms with Gasteiger partial charge in [-0.2, -0.15) is 0 Å². The lowest BCUT2D eigenvalue weighted by Crippen LogP contribution is -2.16. The van der Waals surface area contributed by atoms with Gasteiger partial charge in [-0.25, -0.2) is 0 Å². The first-order chi connectivity index (χ1) is 5.24. The summed E-state index contributed by atoms with van der Waals surface area (Å²) < 4.78 is 0.988. The van der Waals surface area contributed by atoms with Crippen LogP contribution in [0.3, 0.4) is 0 Å². The van der Waals surface area contributed by atoms with Gasteiger partial charge < -0.3 is 0 Å². The van der Waals surface area contributed by atoms with Crippen LogP contribution in [-0.4, -0.2) is 10.2 Å². The fourth-order valence-corrected chi connectivity index (χ4v) is 1.07. The molecular formula is C7H6BrNOS. The third-order valence-electron chi connectivity index (χ3n) is 1.21. The summed E-state index contributed by atoms with van der Waals surface area (Å²) in [6.45, 7) is 0. The summed E-state index contributed by atoms with van der Waals surface area (Å²) in [7, 11) is 0. The summed E-state index contributed by atoms with van der Waals surface area (Å²) >= 11 is 8.08. The van der Waals surface area contributed by atoms with Crippen molar-refractivity contribution >= 4 is 33.1 Å². The molecule has 0 aliphatic rings. The normalized spacial score (nSPS) is 9.27. The first kappa shape index (κ1) is 8.64. The smallest absolute Gasteiger partial charge is 0.130 e. The van der Waals surface area contributed by atoms with E-state index in [-0.39, 0.29) is 0 Å². The molecule has 0 aromatic heterocycles. The minimum Gasteiger partial charge on any atom is -0.290 e. The summed E-state index contributed by atoms with van der Waals surface area (Å²) in [6, 6.07) is 7.35. The van der Waals surface area contributed by atoms with Crippen LogP contribution in [0.15, 0.2) is 28.7 Å². The van der Waals surface area contributed by atoms with Crippen molar-refractivity contribution in [3.8, 4) is 0 Å². The minimum absolute atomic E-state index is 0.331. The number of hydroxylamine groups is 1. The largest absolute Gasteiger partial charge is 0.290 e. The Balaban J connectivity index is 2.90. The van der Waals surface area contributed by atoms with Crippen LogP contribution in [0.25, 0.3) is 0 Å². The molecule has 11 heavy (non-hydrogen) atoms. The van der Waals surface area contributed by atoms with Crippen molar-refractivity contribution in [1.29, 1.82) is 0 Å². The van der Waals surface area contributed by atoms with Crippen LogP contribution in [-0.2, 0) is 0 Å². The Morgan fingerprint density at radius 2 is 1.91 bits per heavy atom. The van der Waals surface area contributed by atoms with Gasteiger partial charge in [0.25, 0.3) is 0 Å². The van der Waals surface area contributed by atoms with E-state index in [9.17, 15) is 0 Å². The van der Waals surface area contributed by atoms with E-state index in [1.165, 1.54) is 0 Å². The first-order valence-electron chi connectivity index (χ1n) is 2.94. The van der Waals surface area contributed by atoms with Crippen molar-refractivity contribution in [1.82, 2.24) is 5.48 Å². The van der Waals surface area contributed by atoms with Gasteiger partial charge in [0.05, 0.1) is 0 Å². The maximum atomic E-state index is 8.45. The van der Waals surface area contributed by atoms with E-state index in [0.29, 0.717) is 4.99 Å². The molecule has 0 aliphatic carbocycles. The molecule has 0 fully saturated rings. The van der Waals surface area contributed by atoms with Crippen LogP contribution < -0.4 is 5.48 Å². The van der Waals surface area contributed by atoms with Gasteiger partial charge in [0, 0.05) is 10.0 Å². The summed E-state index contributed by atoms with van der Waals surface area (Å²) in [5.41, 5.74) is 2.71. The maximum Gasteiger partial charge on any atom is 0.130 e. The highest BCUT2D eigenvalue weighted by Crippen LogP contribution is 2.10. The Hall–Kier alpha value is -0.450. The van der Waals surface area contributed by atoms with Gasteiger partial charge in [-0.1, -0.05) is 40.3 Å². The molecule has 0 radical (unpaired) electrons. The Morgan fingerprint density at radius 3 is 2.36 bits per heavy atom. The predicted molar refractivity (Wildman–Crippen MR) is 50.8 cm³/mol. The van der Waals surface area contributed by atoms with Crippen molar-refractivity contribution in [3.05, 3.63) is 34.3 Å². The molecule has 0 spiro atoms. The van der Waals surface area contributed by atoms with Crippen molar-refractivity contribution < 1.29 is 5.21 Å². The quantitative estimate of drug-likeness (QED) is 0.574. The number of halogens is 1. The molecule has 1 aromatic carbocycles. The summed E-state index contributed by atoms with van der Waals surface area (Å²) in [5.74, 6) is 0. The first-order valence-corrected chi connectivity index (χ1v) is 4.14. The van der Waals surface area contributed by atoms with Gasteiger partial charge in [0.1, 0.15) is 4.99 Å². The van der Waals surface area contributed by atoms with E-state index < -0.39 is 0 Å². The van der Waals surface area contributed by atoms with Crippen LogP contribution in [0.5, 0.6) is 0 Å². The second-order valence-electron chi connectivity index (χ2n) is 1.95. The monoisotopic (exact) mass is 231 g/mol. The van der Waals surface area contributed by atoms with Crippen LogP contribution in [0, 0.1) is 0 Å². The van der Waals surface area contributed by atoms with Crippen LogP contribution >= 0.6 is 28.1 Å². The highest BCUT2D eigenvalue weighted by molar-refractivity contribution is 9.10. The molecule has 1 aromatic rings. The number of hydrogen-bond donors (Lipinski definition) is 2. The van der Waals surface area contributed by atoms with E-state index in [4.69, 9.17) is 17.4 Å². The maximum absolute atomic E-state index is 8.45. The molecule has 0 bridgehead atoms. The fraction of sp³-hybridized carbons (Fsp3) is 0. The zero-order valence-corrected chi connectivity index (χ0v) is 7.95. The summed E-state index contributed by atoms with van der Waals surface area (Å²) in [4.78, 5) is 0.331. The topological polar surface area (TPSA) is 32.3 Å². The second kappa shape index (κ2) is 3.80. The zero-order valence-electron chi connectivity index (χ0n) is 5.54. The van der Waals surface area contributed by atoms with Gasteiger partial charge in [-0.15, -0.1) is 0 Å². The Kier molecular flexibility index (Phi) is 2.99. The summed E-state index contributed by atoms with van der Waals surface area (Å²) in [5, 5.41) is 8.45. The lowest BCUT2D eigenvalue weighted by atomic mass is 10.2. The molecule has 0 unspecified atom stereocenters. The van der Waals surface area contributed by atoms with Crippen molar-refractivity contribution in [3.63, 3.8) is 0 Å². The van der Waals surface area contributed by atoms with Crippen LogP contribution in [0.2, 0.25) is 0 Å². The zero-order chi connectivity index (χ0) is 8.27. The van der Waals surface area contributed by atoms with Gasteiger partial charge in [-0.05, 0) is 12.1 Å². The third-order valence-corrected chi connectivity index (χ3v) is 2.06. The number of rotatable bonds is 1. The van der Waals surface area contributed by atoms with E-state index in [1.807, 2.05) is 29.7 Å². The van der Waals surface area contributed by atoms with Crippen LogP contribution in [0.4, 0.5) is 0 Å². The molecule has 0 amide bonds. The van der Waals surface area contributed by atoms with E-state index in [0.717, 1.165) is 10.0 Å². The molecule has 0 saturated carbocycles. The Labute approximate surface area is 78.3 Å². The average Bonchev–Trinajstić information content (AvgIpc) is 2.05. The minimum atomic E-state index is 0.331. The predicted octanol–water partition coefficient (Wildman–Crippen LogP) is 2.10. The number of nitrogens with one attached hydrogen (secondary N) is 1. The average molecular weight is 232 g/mol. The van der Waals surface area contributed by atoms with Gasteiger partial charge >= 0.3 is 0 Å². The molecule has 0 heterocycles. The molecule has 1 rings (SSSR count). The van der Waals surface area contributed by atoms with Crippen molar-refractivity contribution in [2.75, 3.05) is 0 Å². The van der Waals surface area contributed by atoms with Crippen molar-refractivity contribution in [2.24, 2.45) is 0 Å². The van der Waals surface area contributed by atoms with E-state index in [1.54, 1.807) is 0 Å². The molecule has 0 saturated heterocycles. The summed E-state index contributed by atoms with van der Waals surface area (Å²) in [6.07, 6.45) is 0. The molecule has 2 nitrogen and oxygen atoms in total. The fourth-order valence-electron chi connectivity index (χ4n) is 0.666. The highest BCUT2D eigenvalue weighted by atomic mass is 79.9. The SMILES string of the molecule is ONC(=S)c1ccc(Br)cc1. The van der Waals surface area contributed by atoms with Gasteiger partial charge in [0.15, 0.2) is 0 Å². The van der Waals surface area contributed by atoms with Gasteiger partial charge in [0.2, 0.25) is 0 Å². The van der Waals surface area contributed by atoms with Crippen LogP contribution in [0.1, 0.15) is 5.56 Å². The Bertz CT molecular complexity index is 260. The van der Waals surface area contributed by atoms with E-state index >= 15 is 0 Å². The molecule has 4 heteroatoms. The van der Waals surface area contributed by atoms with E-state index in [2.05, 4.69) is 15.9 Å².